The fraction of sp³-hybridized carbons (Fsp3) is 0.417. The molecule has 0 aliphatic carbocycles. The van der Waals surface area contributed by atoms with E-state index >= 15 is 0 Å². The summed E-state index contributed by atoms with van der Waals surface area (Å²) >= 11 is 0. The molecule has 0 bridgehead atoms. The molecule has 3 aromatic rings. The van der Waals surface area contributed by atoms with Gasteiger partial charge in [-0.2, -0.15) is 5.10 Å². The van der Waals surface area contributed by atoms with Crippen molar-refractivity contribution in [2.75, 3.05) is 20.1 Å². The van der Waals surface area contributed by atoms with Crippen LogP contribution in [0, 0.1) is 5.82 Å². The summed E-state index contributed by atoms with van der Waals surface area (Å²) in [7, 11) is 1.97. The van der Waals surface area contributed by atoms with Crippen molar-refractivity contribution < 1.29 is 14.0 Å². The fourth-order valence-electron chi connectivity index (χ4n) is 3.37. The lowest BCUT2D eigenvalue weighted by Gasteiger charge is -2.38. The maximum atomic E-state index is 13.1. The van der Waals surface area contributed by atoms with Crippen LogP contribution in [0.25, 0.3) is 16.9 Å². The van der Waals surface area contributed by atoms with Gasteiger partial charge in [0.1, 0.15) is 11.5 Å². The summed E-state index contributed by atoms with van der Waals surface area (Å²) < 4.78 is 14.7. The van der Waals surface area contributed by atoms with Gasteiger partial charge >= 0.3 is 0 Å². The van der Waals surface area contributed by atoms with Gasteiger partial charge in [0.15, 0.2) is 11.9 Å². The molecule has 0 unspecified atom stereocenters. The van der Waals surface area contributed by atoms with E-state index in [-0.39, 0.29) is 22.7 Å². The van der Waals surface area contributed by atoms with Gasteiger partial charge in [-0.05, 0) is 56.6 Å². The summed E-state index contributed by atoms with van der Waals surface area (Å²) in [6, 6.07) is 8.14. The highest BCUT2D eigenvalue weighted by Crippen LogP contribution is 2.29. The van der Waals surface area contributed by atoms with Gasteiger partial charge in [-0.3, -0.25) is 14.5 Å². The molecule has 0 spiro atoms. The maximum absolute atomic E-state index is 13.1. The normalized spacial score (nSPS) is 16.3. The van der Waals surface area contributed by atoms with E-state index in [2.05, 4.69) is 41.1 Å². The number of hydrogen-bond donors (Lipinski definition) is 1. The van der Waals surface area contributed by atoms with E-state index in [1.165, 1.54) is 12.1 Å². The monoisotopic (exact) mass is 439 g/mol. The second kappa shape index (κ2) is 8.78. The number of benzene rings is 1. The molecule has 3 heterocycles. The number of carbonyl (C=O) groups is 2. The Labute approximate surface area is 187 Å². The lowest BCUT2D eigenvalue weighted by molar-refractivity contribution is -0.133. The Balaban J connectivity index is 0.000000243. The molecule has 1 saturated heterocycles. The van der Waals surface area contributed by atoms with Crippen LogP contribution in [0.3, 0.4) is 0 Å². The van der Waals surface area contributed by atoms with E-state index in [1.54, 1.807) is 22.8 Å². The Morgan fingerprint density at radius 2 is 1.84 bits per heavy atom. The molecule has 0 atom stereocenters. The first-order valence-corrected chi connectivity index (χ1v) is 10.5. The number of nitrogens with one attached hydrogen (secondary N) is 1. The first-order valence-electron chi connectivity index (χ1n) is 10.5. The minimum absolute atomic E-state index is 0.126. The van der Waals surface area contributed by atoms with Crippen LogP contribution >= 0.6 is 0 Å². The van der Waals surface area contributed by atoms with E-state index in [1.807, 2.05) is 27.0 Å². The van der Waals surface area contributed by atoms with Crippen LogP contribution in [-0.2, 0) is 10.2 Å². The number of likely N-dealkylation sites (N-methyl/N-ethyl adjacent to an activating group) is 1. The molecule has 1 aliphatic rings. The highest BCUT2D eigenvalue weighted by molar-refractivity contribution is 5.86. The number of piperazine rings is 1. The van der Waals surface area contributed by atoms with Crippen molar-refractivity contribution in [3.8, 4) is 11.3 Å². The van der Waals surface area contributed by atoms with E-state index in [0.29, 0.717) is 23.3 Å². The number of hydrogen-bond acceptors (Lipinski definition) is 5. The standard InChI is InChI=1S/C17H16FN3O.C7H14N2O/c1-17(2,3)14-8-15(11-4-6-12(18)7-5-11)20-21-9-13(10-22)19-16(14)21;1-7(2)6(10)8-4-5-9(7)3/h4-10H,1-3H3;4-5H2,1-3H3,(H,8,10). The van der Waals surface area contributed by atoms with E-state index in [4.69, 9.17) is 0 Å². The molecule has 2 aromatic heterocycles. The van der Waals surface area contributed by atoms with Crippen LogP contribution in [0.2, 0.25) is 0 Å². The average Bonchev–Trinajstić information content (AvgIpc) is 3.15. The van der Waals surface area contributed by atoms with Crippen molar-refractivity contribution in [2.24, 2.45) is 0 Å². The molecule has 1 N–H and O–H groups in total. The first kappa shape index (κ1) is 23.5. The topological polar surface area (TPSA) is 79.6 Å². The SMILES string of the molecule is CC(C)(C)c1cc(-c2ccc(F)cc2)nn2cc(C=O)nc12.CN1CCNC(=O)C1(C)C. The number of halogens is 1. The van der Waals surface area contributed by atoms with Gasteiger partial charge in [0.25, 0.3) is 0 Å². The first-order chi connectivity index (χ1) is 14.9. The lowest BCUT2D eigenvalue weighted by Crippen LogP contribution is -2.60. The number of nitrogens with zero attached hydrogens (tertiary/aromatic N) is 4. The molecule has 7 nitrogen and oxygen atoms in total. The van der Waals surface area contributed by atoms with Crippen molar-refractivity contribution in [1.29, 1.82) is 0 Å². The van der Waals surface area contributed by atoms with Crippen LogP contribution in [0.15, 0.2) is 36.5 Å². The van der Waals surface area contributed by atoms with Gasteiger partial charge in [-0.1, -0.05) is 20.8 Å². The summed E-state index contributed by atoms with van der Waals surface area (Å²) in [6.07, 6.45) is 2.31. The molecule has 1 aromatic carbocycles. The Morgan fingerprint density at radius 1 is 1.19 bits per heavy atom. The number of aldehydes is 1. The molecule has 0 radical (unpaired) electrons. The minimum atomic E-state index is -0.321. The molecule has 0 saturated carbocycles. The van der Waals surface area contributed by atoms with Crippen molar-refractivity contribution >= 4 is 17.8 Å². The zero-order chi connectivity index (χ0) is 23.7. The van der Waals surface area contributed by atoms with Crippen LogP contribution < -0.4 is 5.32 Å². The highest BCUT2D eigenvalue weighted by atomic mass is 19.1. The van der Waals surface area contributed by atoms with Crippen LogP contribution in [0.5, 0.6) is 0 Å². The Bertz CT molecular complexity index is 1130. The summed E-state index contributed by atoms with van der Waals surface area (Å²) in [4.78, 5) is 28.5. The lowest BCUT2D eigenvalue weighted by atomic mass is 9.87. The third-order valence-electron chi connectivity index (χ3n) is 5.76. The summed E-state index contributed by atoms with van der Waals surface area (Å²) in [5, 5.41) is 7.31. The Morgan fingerprint density at radius 3 is 2.38 bits per heavy atom. The average molecular weight is 440 g/mol. The Hall–Kier alpha value is -3.13. The van der Waals surface area contributed by atoms with Gasteiger partial charge < -0.3 is 5.32 Å². The molecule has 1 fully saturated rings. The zero-order valence-electron chi connectivity index (χ0n) is 19.4. The van der Waals surface area contributed by atoms with Crippen molar-refractivity contribution in [3.05, 3.63) is 53.6 Å². The predicted octanol–water partition coefficient (Wildman–Crippen LogP) is 3.47. The van der Waals surface area contributed by atoms with Crippen LogP contribution in [0.4, 0.5) is 4.39 Å². The number of amides is 1. The number of carbonyl (C=O) groups excluding carboxylic acids is 2. The van der Waals surface area contributed by atoms with Crippen molar-refractivity contribution in [3.63, 3.8) is 0 Å². The molecule has 8 heteroatoms. The minimum Gasteiger partial charge on any atom is -0.353 e. The largest absolute Gasteiger partial charge is 0.353 e. The summed E-state index contributed by atoms with van der Waals surface area (Å²) in [5.74, 6) is -0.159. The third kappa shape index (κ3) is 4.85. The number of fused-ring (bicyclic) bond motifs is 1. The second-order valence-electron chi connectivity index (χ2n) is 9.49. The molecule has 1 aliphatic heterocycles. The molecular formula is C24H30FN5O2. The molecule has 1 amide bonds. The molecule has 170 valence electrons. The number of imidazole rings is 1. The maximum Gasteiger partial charge on any atom is 0.239 e. The zero-order valence-corrected chi connectivity index (χ0v) is 19.4. The third-order valence-corrected chi connectivity index (χ3v) is 5.76. The van der Waals surface area contributed by atoms with Gasteiger partial charge in [0, 0.05) is 24.2 Å². The van der Waals surface area contributed by atoms with Gasteiger partial charge in [-0.25, -0.2) is 13.9 Å². The second-order valence-corrected chi connectivity index (χ2v) is 9.49. The molecule has 32 heavy (non-hydrogen) atoms. The van der Waals surface area contributed by atoms with Crippen molar-refractivity contribution in [2.45, 2.75) is 45.6 Å². The smallest absolute Gasteiger partial charge is 0.239 e. The predicted molar refractivity (Wildman–Crippen MR) is 122 cm³/mol. The quantitative estimate of drug-likeness (QED) is 0.619. The Kier molecular flexibility index (Phi) is 6.46. The van der Waals surface area contributed by atoms with E-state index in [0.717, 1.165) is 24.2 Å². The molecule has 4 rings (SSSR count). The van der Waals surface area contributed by atoms with Gasteiger partial charge in [0.05, 0.1) is 17.4 Å². The number of aromatic nitrogens is 3. The summed E-state index contributed by atoms with van der Waals surface area (Å²) in [5.41, 5.74) is 3.04. The van der Waals surface area contributed by atoms with E-state index < -0.39 is 0 Å². The van der Waals surface area contributed by atoms with Crippen LogP contribution in [-0.4, -0.2) is 57.4 Å². The van der Waals surface area contributed by atoms with Crippen molar-refractivity contribution in [1.82, 2.24) is 24.8 Å². The van der Waals surface area contributed by atoms with Gasteiger partial charge in [0.2, 0.25) is 5.91 Å². The number of rotatable bonds is 2. The highest BCUT2D eigenvalue weighted by Gasteiger charge is 2.34. The van der Waals surface area contributed by atoms with Crippen LogP contribution in [0.1, 0.15) is 50.7 Å². The fourth-order valence-corrected chi connectivity index (χ4v) is 3.37. The summed E-state index contributed by atoms with van der Waals surface area (Å²) in [6.45, 7) is 11.8. The van der Waals surface area contributed by atoms with E-state index in [9.17, 15) is 14.0 Å². The van der Waals surface area contributed by atoms with Gasteiger partial charge in [-0.15, -0.1) is 0 Å². The molecular weight excluding hydrogens is 409 g/mol.